The minimum absolute atomic E-state index is 0.217. The molecule has 0 radical (unpaired) electrons. The van der Waals surface area contributed by atoms with Gasteiger partial charge in [-0.15, -0.1) is 0 Å². The van der Waals surface area contributed by atoms with Crippen LogP contribution in [0.3, 0.4) is 0 Å². The number of benzene rings is 1. The molecule has 0 spiro atoms. The number of nitrogens with zero attached hydrogens (tertiary/aromatic N) is 1. The van der Waals surface area contributed by atoms with Crippen LogP contribution in [0.15, 0.2) is 24.3 Å². The molecule has 0 aliphatic heterocycles. The maximum absolute atomic E-state index is 13.2. The Kier molecular flexibility index (Phi) is 2.46. The minimum atomic E-state index is -0.842. The number of pyridine rings is 1. The van der Waals surface area contributed by atoms with E-state index in [4.69, 9.17) is 0 Å². The van der Waals surface area contributed by atoms with Crippen LogP contribution in [0.5, 0.6) is 0 Å². The van der Waals surface area contributed by atoms with Crippen molar-refractivity contribution in [2.75, 3.05) is 0 Å². The molecule has 1 aromatic heterocycles. The van der Waals surface area contributed by atoms with Crippen molar-refractivity contribution in [1.82, 2.24) is 4.98 Å². The first-order valence-corrected chi connectivity index (χ1v) is 5.14. The maximum atomic E-state index is 13.2. The molecule has 72 valence electrons. The summed E-state index contributed by atoms with van der Waals surface area (Å²) in [5.74, 6) is -1.68. The normalized spacial score (nSPS) is 10.8. The van der Waals surface area contributed by atoms with E-state index in [1.807, 2.05) is 0 Å². The quantitative estimate of drug-likeness (QED) is 0.714. The second kappa shape index (κ2) is 3.61. The lowest BCUT2D eigenvalue weighted by Crippen LogP contribution is -1.91. The molecule has 0 amide bonds. The van der Waals surface area contributed by atoms with Crippen LogP contribution in [-0.4, -0.2) is 4.98 Å². The second-order valence-electron chi connectivity index (χ2n) is 2.86. The van der Waals surface area contributed by atoms with Crippen molar-refractivity contribution in [2.24, 2.45) is 0 Å². The Bertz CT molecular complexity index is 485. The van der Waals surface area contributed by atoms with Crippen LogP contribution in [0, 0.1) is 11.6 Å². The number of hydrogen-bond acceptors (Lipinski definition) is 1. The molecule has 0 saturated heterocycles. The standard InChI is InChI=1S/C10H6BrF2N/c11-5-6-1-2-7-9(14-6)4-3-8(12)10(7)13/h1-4H,5H2. The molecule has 4 heteroatoms. The number of rotatable bonds is 1. The SMILES string of the molecule is Fc1ccc2nc(CBr)ccc2c1F. The molecule has 14 heavy (non-hydrogen) atoms. The van der Waals surface area contributed by atoms with Gasteiger partial charge in [-0.1, -0.05) is 15.9 Å². The lowest BCUT2D eigenvalue weighted by molar-refractivity contribution is 0.517. The Hall–Kier alpha value is -1.03. The van der Waals surface area contributed by atoms with Gasteiger partial charge >= 0.3 is 0 Å². The lowest BCUT2D eigenvalue weighted by atomic mass is 10.2. The van der Waals surface area contributed by atoms with Crippen LogP contribution < -0.4 is 0 Å². The summed E-state index contributed by atoms with van der Waals surface area (Å²) < 4.78 is 26.0. The van der Waals surface area contributed by atoms with Gasteiger partial charge in [0.1, 0.15) is 0 Å². The molecule has 0 unspecified atom stereocenters. The summed E-state index contributed by atoms with van der Waals surface area (Å²) in [4.78, 5) is 4.14. The summed E-state index contributed by atoms with van der Waals surface area (Å²) >= 11 is 3.25. The molecule has 2 rings (SSSR count). The number of hydrogen-bond donors (Lipinski definition) is 0. The number of aromatic nitrogens is 1. The van der Waals surface area contributed by atoms with Gasteiger partial charge in [-0.25, -0.2) is 8.78 Å². The number of fused-ring (bicyclic) bond motifs is 1. The second-order valence-corrected chi connectivity index (χ2v) is 3.43. The first-order chi connectivity index (χ1) is 6.72. The average molecular weight is 258 g/mol. The Balaban J connectivity index is 2.74. The van der Waals surface area contributed by atoms with E-state index in [1.165, 1.54) is 12.1 Å². The van der Waals surface area contributed by atoms with E-state index in [1.54, 1.807) is 6.07 Å². The molecular weight excluding hydrogens is 252 g/mol. The Morgan fingerprint density at radius 2 is 1.93 bits per heavy atom. The molecule has 1 heterocycles. The molecule has 0 N–H and O–H groups in total. The van der Waals surface area contributed by atoms with Gasteiger partial charge in [0.25, 0.3) is 0 Å². The molecule has 2 aromatic rings. The highest BCUT2D eigenvalue weighted by Gasteiger charge is 2.07. The third-order valence-electron chi connectivity index (χ3n) is 1.95. The van der Waals surface area contributed by atoms with Crippen molar-refractivity contribution in [3.05, 3.63) is 41.6 Å². The summed E-state index contributed by atoms with van der Waals surface area (Å²) in [5, 5.41) is 0.816. The Morgan fingerprint density at radius 3 is 2.64 bits per heavy atom. The molecule has 0 aliphatic rings. The van der Waals surface area contributed by atoms with Crippen LogP contribution >= 0.6 is 15.9 Å². The first kappa shape index (κ1) is 9.52. The van der Waals surface area contributed by atoms with E-state index in [0.717, 1.165) is 11.8 Å². The number of halogens is 3. The van der Waals surface area contributed by atoms with E-state index >= 15 is 0 Å². The van der Waals surface area contributed by atoms with Crippen molar-refractivity contribution in [2.45, 2.75) is 5.33 Å². The van der Waals surface area contributed by atoms with Gasteiger partial charge < -0.3 is 0 Å². The minimum Gasteiger partial charge on any atom is -0.252 e. The zero-order valence-electron chi connectivity index (χ0n) is 7.10. The van der Waals surface area contributed by atoms with Gasteiger partial charge in [-0.2, -0.15) is 0 Å². The van der Waals surface area contributed by atoms with E-state index in [-0.39, 0.29) is 5.39 Å². The van der Waals surface area contributed by atoms with Crippen LogP contribution in [0.25, 0.3) is 10.9 Å². The third kappa shape index (κ3) is 1.50. The highest BCUT2D eigenvalue weighted by Crippen LogP contribution is 2.19. The van der Waals surface area contributed by atoms with E-state index in [0.29, 0.717) is 10.8 Å². The van der Waals surface area contributed by atoms with Crippen LogP contribution in [-0.2, 0) is 5.33 Å². The van der Waals surface area contributed by atoms with E-state index < -0.39 is 11.6 Å². The number of alkyl halides is 1. The van der Waals surface area contributed by atoms with E-state index in [9.17, 15) is 8.78 Å². The van der Waals surface area contributed by atoms with E-state index in [2.05, 4.69) is 20.9 Å². The summed E-state index contributed by atoms with van der Waals surface area (Å²) in [7, 11) is 0. The molecule has 0 atom stereocenters. The molecular formula is C10H6BrF2N. The lowest BCUT2D eigenvalue weighted by Gasteiger charge is -2.01. The van der Waals surface area contributed by atoms with Crippen molar-refractivity contribution in [3.8, 4) is 0 Å². The van der Waals surface area contributed by atoms with Gasteiger partial charge in [0.15, 0.2) is 11.6 Å². The van der Waals surface area contributed by atoms with Crippen LogP contribution in [0.1, 0.15) is 5.69 Å². The molecule has 0 aliphatic carbocycles. The van der Waals surface area contributed by atoms with Crippen LogP contribution in [0.2, 0.25) is 0 Å². The zero-order valence-corrected chi connectivity index (χ0v) is 8.68. The Morgan fingerprint density at radius 1 is 1.14 bits per heavy atom. The molecule has 0 fully saturated rings. The van der Waals surface area contributed by atoms with Crippen molar-refractivity contribution in [3.63, 3.8) is 0 Å². The fraction of sp³-hybridized carbons (Fsp3) is 0.100. The summed E-state index contributed by atoms with van der Waals surface area (Å²) in [6, 6.07) is 5.76. The molecule has 1 nitrogen and oxygen atoms in total. The van der Waals surface area contributed by atoms with Crippen molar-refractivity contribution < 1.29 is 8.78 Å². The highest BCUT2D eigenvalue weighted by atomic mass is 79.9. The topological polar surface area (TPSA) is 12.9 Å². The fourth-order valence-electron chi connectivity index (χ4n) is 1.26. The summed E-state index contributed by atoms with van der Waals surface area (Å²) in [6.45, 7) is 0. The van der Waals surface area contributed by atoms with Gasteiger partial charge in [0.2, 0.25) is 0 Å². The third-order valence-corrected chi connectivity index (χ3v) is 2.53. The average Bonchev–Trinajstić information content (AvgIpc) is 2.23. The monoisotopic (exact) mass is 257 g/mol. The van der Waals surface area contributed by atoms with Crippen LogP contribution in [0.4, 0.5) is 8.78 Å². The Labute approximate surface area is 87.9 Å². The summed E-state index contributed by atoms with van der Waals surface area (Å²) in [6.07, 6.45) is 0. The van der Waals surface area contributed by atoms with Crippen molar-refractivity contribution in [1.29, 1.82) is 0 Å². The fourth-order valence-corrected chi connectivity index (χ4v) is 1.57. The van der Waals surface area contributed by atoms with Gasteiger partial charge in [-0.3, -0.25) is 4.98 Å². The molecule has 1 aromatic carbocycles. The maximum Gasteiger partial charge on any atom is 0.168 e. The van der Waals surface area contributed by atoms with Gasteiger partial charge in [0, 0.05) is 10.7 Å². The molecule has 0 saturated carbocycles. The van der Waals surface area contributed by atoms with Gasteiger partial charge in [-0.05, 0) is 24.3 Å². The predicted molar refractivity (Wildman–Crippen MR) is 54.3 cm³/mol. The van der Waals surface area contributed by atoms with Crippen molar-refractivity contribution >= 4 is 26.8 Å². The highest BCUT2D eigenvalue weighted by molar-refractivity contribution is 9.08. The largest absolute Gasteiger partial charge is 0.252 e. The molecule has 0 bridgehead atoms. The first-order valence-electron chi connectivity index (χ1n) is 4.02. The smallest absolute Gasteiger partial charge is 0.168 e. The predicted octanol–water partition coefficient (Wildman–Crippen LogP) is 3.41. The van der Waals surface area contributed by atoms with Gasteiger partial charge in [0.05, 0.1) is 11.2 Å². The zero-order chi connectivity index (χ0) is 10.1. The summed E-state index contributed by atoms with van der Waals surface area (Å²) in [5.41, 5.74) is 1.27.